The predicted molar refractivity (Wildman–Crippen MR) is 82.2 cm³/mol. The van der Waals surface area contributed by atoms with Crippen LogP contribution in [0, 0.1) is 10.1 Å². The molecule has 0 bridgehead atoms. The molecule has 0 spiro atoms. The van der Waals surface area contributed by atoms with Crippen LogP contribution >= 0.6 is 11.6 Å². The van der Waals surface area contributed by atoms with Gasteiger partial charge in [-0.25, -0.2) is 0 Å². The third kappa shape index (κ3) is 4.96. The quantitative estimate of drug-likeness (QED) is 0.451. The van der Waals surface area contributed by atoms with E-state index in [1.807, 2.05) is 0 Å². The second-order valence-electron chi connectivity index (χ2n) is 5.20. The van der Waals surface area contributed by atoms with Gasteiger partial charge in [0.25, 0.3) is 12.2 Å². The van der Waals surface area contributed by atoms with Gasteiger partial charge in [-0.15, -0.1) is 0 Å². The SMILES string of the molecule is O=COC(Cc1cc(C(F)(F)F)c[nH]1)Cc1cc(Cl)ccc1[N+](=O)[O-]. The summed E-state index contributed by atoms with van der Waals surface area (Å²) in [4.78, 5) is 23.6. The molecule has 0 radical (unpaired) electrons. The Bertz CT molecular complexity index is 776. The lowest BCUT2D eigenvalue weighted by Gasteiger charge is -2.15. The van der Waals surface area contributed by atoms with Crippen molar-refractivity contribution in [1.29, 1.82) is 0 Å². The van der Waals surface area contributed by atoms with Crippen LogP contribution in [0.4, 0.5) is 18.9 Å². The first-order chi connectivity index (χ1) is 11.7. The zero-order valence-electron chi connectivity index (χ0n) is 12.5. The van der Waals surface area contributed by atoms with E-state index in [-0.39, 0.29) is 41.3 Å². The molecular formula is C15H12ClF3N2O4. The van der Waals surface area contributed by atoms with Crippen LogP contribution in [0.15, 0.2) is 30.5 Å². The van der Waals surface area contributed by atoms with Crippen molar-refractivity contribution < 1.29 is 27.6 Å². The zero-order valence-corrected chi connectivity index (χ0v) is 13.3. The summed E-state index contributed by atoms with van der Waals surface area (Å²) >= 11 is 5.83. The number of rotatable bonds is 7. The molecule has 6 nitrogen and oxygen atoms in total. The van der Waals surface area contributed by atoms with Crippen LogP contribution in [0.2, 0.25) is 5.02 Å². The van der Waals surface area contributed by atoms with E-state index in [9.17, 15) is 28.1 Å². The molecule has 2 rings (SSSR count). The van der Waals surface area contributed by atoms with E-state index < -0.39 is 22.8 Å². The van der Waals surface area contributed by atoms with Gasteiger partial charge in [0, 0.05) is 41.4 Å². The summed E-state index contributed by atoms with van der Waals surface area (Å²) in [6.07, 6.45) is -4.74. The number of nitrogens with zero attached hydrogens (tertiary/aromatic N) is 1. The van der Waals surface area contributed by atoms with Crippen molar-refractivity contribution in [2.45, 2.75) is 25.1 Å². The first-order valence-corrected chi connectivity index (χ1v) is 7.35. The van der Waals surface area contributed by atoms with Crippen molar-refractivity contribution in [2.75, 3.05) is 0 Å². The van der Waals surface area contributed by atoms with Crippen LogP contribution in [0.3, 0.4) is 0 Å². The van der Waals surface area contributed by atoms with Gasteiger partial charge in [0.1, 0.15) is 6.10 Å². The van der Waals surface area contributed by atoms with Crippen molar-refractivity contribution in [3.8, 4) is 0 Å². The third-order valence-corrected chi connectivity index (χ3v) is 3.69. The second kappa shape index (κ2) is 7.56. The molecule has 134 valence electrons. The third-order valence-electron chi connectivity index (χ3n) is 3.45. The Morgan fingerprint density at radius 2 is 2.04 bits per heavy atom. The van der Waals surface area contributed by atoms with Gasteiger partial charge in [-0.3, -0.25) is 14.9 Å². The molecular weight excluding hydrogens is 365 g/mol. The minimum Gasteiger partial charge on any atom is -0.464 e. The molecule has 2 aromatic rings. The summed E-state index contributed by atoms with van der Waals surface area (Å²) in [7, 11) is 0. The van der Waals surface area contributed by atoms with E-state index in [2.05, 4.69) is 4.98 Å². The van der Waals surface area contributed by atoms with Gasteiger partial charge in [0.15, 0.2) is 0 Å². The lowest BCUT2D eigenvalue weighted by Crippen LogP contribution is -2.19. The molecule has 1 heterocycles. The first kappa shape index (κ1) is 18.8. The second-order valence-corrected chi connectivity index (χ2v) is 5.64. The number of nitrogens with one attached hydrogen (secondary N) is 1. The summed E-state index contributed by atoms with van der Waals surface area (Å²) in [6, 6.07) is 4.82. The number of carbonyl (C=O) groups is 1. The van der Waals surface area contributed by atoms with Crippen molar-refractivity contribution >= 4 is 23.8 Å². The summed E-state index contributed by atoms with van der Waals surface area (Å²) in [5, 5.41) is 11.3. The first-order valence-electron chi connectivity index (χ1n) is 6.97. The van der Waals surface area contributed by atoms with E-state index in [0.717, 1.165) is 12.3 Å². The number of H-pyrrole nitrogens is 1. The summed E-state index contributed by atoms with van der Waals surface area (Å²) < 4.78 is 42.7. The number of alkyl halides is 3. The Morgan fingerprint density at radius 3 is 2.60 bits per heavy atom. The topological polar surface area (TPSA) is 85.2 Å². The molecule has 10 heteroatoms. The highest BCUT2D eigenvalue weighted by molar-refractivity contribution is 6.30. The summed E-state index contributed by atoms with van der Waals surface area (Å²) in [5.41, 5.74) is -0.678. The zero-order chi connectivity index (χ0) is 18.6. The van der Waals surface area contributed by atoms with Crippen molar-refractivity contribution in [3.63, 3.8) is 0 Å². The molecule has 0 amide bonds. The fourth-order valence-electron chi connectivity index (χ4n) is 2.36. The summed E-state index contributed by atoms with van der Waals surface area (Å²) in [6.45, 7) is 0.147. The van der Waals surface area contributed by atoms with E-state index in [4.69, 9.17) is 16.3 Å². The Balaban J connectivity index is 2.22. The van der Waals surface area contributed by atoms with Crippen LogP contribution in [-0.2, 0) is 28.5 Å². The largest absolute Gasteiger partial charge is 0.464 e. The van der Waals surface area contributed by atoms with Crippen LogP contribution in [0.1, 0.15) is 16.8 Å². The fraction of sp³-hybridized carbons (Fsp3) is 0.267. The molecule has 25 heavy (non-hydrogen) atoms. The minimum absolute atomic E-state index is 0.0709. The molecule has 0 fully saturated rings. The lowest BCUT2D eigenvalue weighted by molar-refractivity contribution is -0.385. The van der Waals surface area contributed by atoms with Gasteiger partial charge < -0.3 is 9.72 Å². The number of benzene rings is 1. The van der Waals surface area contributed by atoms with Gasteiger partial charge in [-0.05, 0) is 18.2 Å². The van der Waals surface area contributed by atoms with Crippen molar-refractivity contribution in [1.82, 2.24) is 4.98 Å². The number of aromatic nitrogens is 1. The van der Waals surface area contributed by atoms with E-state index in [1.165, 1.54) is 18.2 Å². The van der Waals surface area contributed by atoms with Crippen molar-refractivity contribution in [2.24, 2.45) is 0 Å². The Morgan fingerprint density at radius 1 is 1.32 bits per heavy atom. The average Bonchev–Trinajstić information content (AvgIpc) is 2.96. The van der Waals surface area contributed by atoms with E-state index in [1.54, 1.807) is 0 Å². The van der Waals surface area contributed by atoms with Gasteiger partial charge in [-0.2, -0.15) is 13.2 Å². The molecule has 0 saturated heterocycles. The van der Waals surface area contributed by atoms with Crippen LogP contribution in [0.5, 0.6) is 0 Å². The average molecular weight is 377 g/mol. The number of nitro groups is 1. The Labute approximate surface area is 144 Å². The maximum Gasteiger partial charge on any atom is 0.417 e. The van der Waals surface area contributed by atoms with Crippen LogP contribution < -0.4 is 0 Å². The molecule has 1 aromatic heterocycles. The maximum absolute atomic E-state index is 12.6. The Hall–Kier alpha value is -2.55. The highest BCUT2D eigenvalue weighted by Gasteiger charge is 2.32. The highest BCUT2D eigenvalue weighted by Crippen LogP contribution is 2.30. The maximum atomic E-state index is 12.6. The van der Waals surface area contributed by atoms with E-state index in [0.29, 0.717) is 0 Å². The molecule has 0 aliphatic rings. The number of hydrogen-bond acceptors (Lipinski definition) is 4. The Kier molecular flexibility index (Phi) is 5.68. The number of nitro benzene ring substituents is 1. The number of aromatic amines is 1. The standard InChI is InChI=1S/C15H12ClF3N2O4/c16-11-1-2-14(21(23)24)9(3-11)4-13(25-8-22)6-12-5-10(7-20-12)15(17,18)19/h1-3,5,7-8,13,20H,4,6H2. The smallest absolute Gasteiger partial charge is 0.417 e. The molecule has 1 aromatic carbocycles. The predicted octanol–water partition coefficient (Wildman–Crippen LogP) is 3.92. The molecule has 0 aliphatic heterocycles. The molecule has 1 unspecified atom stereocenters. The highest BCUT2D eigenvalue weighted by atomic mass is 35.5. The minimum atomic E-state index is -4.50. The molecule has 0 saturated carbocycles. The number of hydrogen-bond donors (Lipinski definition) is 1. The molecule has 1 atom stereocenters. The molecule has 1 N–H and O–H groups in total. The number of halogens is 4. The number of ether oxygens (including phenoxy) is 1. The summed E-state index contributed by atoms with van der Waals surface area (Å²) in [5.74, 6) is 0. The van der Waals surface area contributed by atoms with Gasteiger partial charge >= 0.3 is 6.18 Å². The van der Waals surface area contributed by atoms with Gasteiger partial charge in [-0.1, -0.05) is 11.6 Å². The van der Waals surface area contributed by atoms with Gasteiger partial charge in [0.2, 0.25) is 0 Å². The lowest BCUT2D eigenvalue weighted by atomic mass is 10.0. The number of carbonyl (C=O) groups excluding carboxylic acids is 1. The van der Waals surface area contributed by atoms with Gasteiger partial charge in [0.05, 0.1) is 10.5 Å². The fourth-order valence-corrected chi connectivity index (χ4v) is 2.55. The monoisotopic (exact) mass is 376 g/mol. The van der Waals surface area contributed by atoms with E-state index >= 15 is 0 Å². The van der Waals surface area contributed by atoms with Crippen LogP contribution in [0.25, 0.3) is 0 Å². The van der Waals surface area contributed by atoms with Crippen LogP contribution in [-0.4, -0.2) is 22.5 Å². The normalized spacial score (nSPS) is 12.6. The molecule has 0 aliphatic carbocycles. The van der Waals surface area contributed by atoms with Crippen molar-refractivity contribution in [3.05, 3.63) is 62.4 Å².